The third-order valence-corrected chi connectivity index (χ3v) is 6.05. The highest BCUT2D eigenvalue weighted by Crippen LogP contribution is 2.24. The summed E-state index contributed by atoms with van der Waals surface area (Å²) in [5, 5.41) is 0.651. The number of benzene rings is 2. The first-order valence-corrected chi connectivity index (χ1v) is 10.4. The average Bonchev–Trinajstić information content (AvgIpc) is 3.08. The normalized spacial score (nSPS) is 15.4. The molecule has 0 atom stereocenters. The molecule has 25 heavy (non-hydrogen) atoms. The van der Waals surface area contributed by atoms with Crippen molar-refractivity contribution in [2.45, 2.75) is 43.1 Å². The summed E-state index contributed by atoms with van der Waals surface area (Å²) in [5.74, 6) is 0.727. The topological polar surface area (TPSA) is 55.4 Å². The Labute approximate surface area is 154 Å². The highest BCUT2D eigenvalue weighted by molar-refractivity contribution is 7.89. The predicted molar refractivity (Wildman–Crippen MR) is 99.7 cm³/mol. The van der Waals surface area contributed by atoms with E-state index in [-0.39, 0.29) is 11.0 Å². The van der Waals surface area contributed by atoms with Crippen molar-refractivity contribution in [1.82, 2.24) is 4.72 Å². The quantitative estimate of drug-likeness (QED) is 0.785. The van der Waals surface area contributed by atoms with Crippen LogP contribution in [0.3, 0.4) is 0 Å². The summed E-state index contributed by atoms with van der Waals surface area (Å²) in [6.45, 7) is 0.322. The largest absolute Gasteiger partial charge is 0.490 e. The molecule has 2 aromatic carbocycles. The Kier molecular flexibility index (Phi) is 5.99. The maximum absolute atomic E-state index is 12.4. The fourth-order valence-corrected chi connectivity index (χ4v) is 4.25. The second kappa shape index (κ2) is 8.21. The molecule has 2 aromatic rings. The van der Waals surface area contributed by atoms with E-state index < -0.39 is 10.0 Å². The van der Waals surface area contributed by atoms with Crippen LogP contribution in [-0.2, 0) is 16.4 Å². The Morgan fingerprint density at radius 1 is 1.08 bits per heavy atom. The van der Waals surface area contributed by atoms with Crippen LogP contribution in [-0.4, -0.2) is 21.1 Å². The summed E-state index contributed by atoms with van der Waals surface area (Å²) in [7, 11) is -3.52. The van der Waals surface area contributed by atoms with Gasteiger partial charge in [0.1, 0.15) is 5.75 Å². The van der Waals surface area contributed by atoms with E-state index in [2.05, 4.69) is 4.72 Å². The van der Waals surface area contributed by atoms with E-state index in [9.17, 15) is 8.42 Å². The lowest BCUT2D eigenvalue weighted by Crippen LogP contribution is -2.26. The van der Waals surface area contributed by atoms with Gasteiger partial charge in [0.05, 0.1) is 11.0 Å². The number of ether oxygens (including phenoxy) is 1. The van der Waals surface area contributed by atoms with E-state index in [0.29, 0.717) is 18.0 Å². The molecule has 1 aliphatic carbocycles. The molecule has 0 amide bonds. The first kappa shape index (κ1) is 18.2. The Bertz CT molecular complexity index is 800. The third-order valence-electron chi connectivity index (χ3n) is 4.33. The molecule has 0 spiro atoms. The van der Waals surface area contributed by atoms with Gasteiger partial charge in [-0.3, -0.25) is 0 Å². The molecule has 0 aromatic heterocycles. The maximum Gasteiger partial charge on any atom is 0.240 e. The number of hydrogen-bond donors (Lipinski definition) is 1. The van der Waals surface area contributed by atoms with Gasteiger partial charge in [-0.2, -0.15) is 0 Å². The number of halogens is 1. The number of sulfonamides is 1. The van der Waals surface area contributed by atoms with Crippen molar-refractivity contribution in [3.8, 4) is 5.75 Å². The molecule has 0 saturated heterocycles. The van der Waals surface area contributed by atoms with Crippen LogP contribution < -0.4 is 9.46 Å². The second-order valence-corrected chi connectivity index (χ2v) is 8.48. The van der Waals surface area contributed by atoms with Crippen molar-refractivity contribution in [3.63, 3.8) is 0 Å². The van der Waals surface area contributed by atoms with Crippen molar-refractivity contribution in [2.75, 3.05) is 6.54 Å². The third kappa shape index (κ3) is 5.21. The van der Waals surface area contributed by atoms with Gasteiger partial charge in [-0.25, -0.2) is 13.1 Å². The van der Waals surface area contributed by atoms with E-state index >= 15 is 0 Å². The van der Waals surface area contributed by atoms with E-state index in [4.69, 9.17) is 16.3 Å². The first-order valence-electron chi connectivity index (χ1n) is 8.54. The minimum absolute atomic E-state index is 0.248. The van der Waals surface area contributed by atoms with Gasteiger partial charge in [0.15, 0.2) is 0 Å². The van der Waals surface area contributed by atoms with Gasteiger partial charge in [-0.1, -0.05) is 23.7 Å². The molecule has 0 radical (unpaired) electrons. The zero-order chi connectivity index (χ0) is 17.7. The molecule has 6 heteroatoms. The monoisotopic (exact) mass is 379 g/mol. The minimum Gasteiger partial charge on any atom is -0.490 e. The molecule has 0 aliphatic heterocycles. The highest BCUT2D eigenvalue weighted by atomic mass is 35.5. The summed E-state index contributed by atoms with van der Waals surface area (Å²) < 4.78 is 33.2. The summed E-state index contributed by atoms with van der Waals surface area (Å²) in [5.41, 5.74) is 0.996. The standard InChI is InChI=1S/C19H22ClNO3S/c20-16-5-3-4-15(14-16)12-13-21-25(22,23)19-10-8-18(9-11-19)24-17-6-1-2-7-17/h3-5,8-11,14,17,21H,1-2,6-7,12-13H2. The summed E-state index contributed by atoms with van der Waals surface area (Å²) in [4.78, 5) is 0.248. The molecule has 1 fully saturated rings. The highest BCUT2D eigenvalue weighted by Gasteiger charge is 2.17. The van der Waals surface area contributed by atoms with Crippen LogP contribution in [0.5, 0.6) is 5.75 Å². The number of rotatable bonds is 7. The van der Waals surface area contributed by atoms with Crippen molar-refractivity contribution < 1.29 is 13.2 Å². The molecular weight excluding hydrogens is 358 g/mol. The van der Waals surface area contributed by atoms with Crippen LogP contribution in [0, 0.1) is 0 Å². The Morgan fingerprint density at radius 3 is 2.48 bits per heavy atom. The molecule has 1 N–H and O–H groups in total. The molecule has 3 rings (SSSR count). The van der Waals surface area contributed by atoms with Crippen molar-refractivity contribution >= 4 is 21.6 Å². The lowest BCUT2D eigenvalue weighted by molar-refractivity contribution is 0.210. The van der Waals surface area contributed by atoms with E-state index in [1.54, 1.807) is 30.3 Å². The van der Waals surface area contributed by atoms with Gasteiger partial charge in [0.25, 0.3) is 0 Å². The van der Waals surface area contributed by atoms with Crippen molar-refractivity contribution in [2.24, 2.45) is 0 Å². The predicted octanol–water partition coefficient (Wildman–Crippen LogP) is 4.18. The summed E-state index contributed by atoms with van der Waals surface area (Å²) in [6, 6.07) is 14.0. The smallest absolute Gasteiger partial charge is 0.240 e. The van der Waals surface area contributed by atoms with Gasteiger partial charge in [-0.15, -0.1) is 0 Å². The van der Waals surface area contributed by atoms with E-state index in [1.807, 2.05) is 18.2 Å². The van der Waals surface area contributed by atoms with Crippen LogP contribution in [0.2, 0.25) is 5.02 Å². The lowest BCUT2D eigenvalue weighted by atomic mass is 10.2. The fraction of sp³-hybridized carbons (Fsp3) is 0.368. The number of hydrogen-bond acceptors (Lipinski definition) is 3. The average molecular weight is 380 g/mol. The van der Waals surface area contributed by atoms with Gasteiger partial charge in [-0.05, 0) is 74.1 Å². The van der Waals surface area contributed by atoms with Crippen LogP contribution in [0.15, 0.2) is 53.4 Å². The fourth-order valence-electron chi connectivity index (χ4n) is 3.00. The maximum atomic E-state index is 12.4. The zero-order valence-electron chi connectivity index (χ0n) is 13.9. The Hall–Kier alpha value is -1.56. The van der Waals surface area contributed by atoms with E-state index in [0.717, 1.165) is 24.2 Å². The van der Waals surface area contributed by atoms with Crippen LogP contribution in [0.25, 0.3) is 0 Å². The molecule has 1 saturated carbocycles. The Morgan fingerprint density at radius 2 is 1.80 bits per heavy atom. The van der Waals surface area contributed by atoms with Crippen LogP contribution in [0.1, 0.15) is 31.2 Å². The first-order chi connectivity index (χ1) is 12.0. The minimum atomic E-state index is -3.52. The Balaban J connectivity index is 1.55. The van der Waals surface area contributed by atoms with Gasteiger partial charge in [0.2, 0.25) is 10.0 Å². The SMILES string of the molecule is O=S(=O)(NCCc1cccc(Cl)c1)c1ccc(OC2CCCC2)cc1. The summed E-state index contributed by atoms with van der Waals surface area (Å²) >= 11 is 5.93. The lowest BCUT2D eigenvalue weighted by Gasteiger charge is -2.13. The van der Waals surface area contributed by atoms with E-state index in [1.165, 1.54) is 12.8 Å². The number of nitrogens with one attached hydrogen (secondary N) is 1. The molecule has 1 aliphatic rings. The molecule has 0 unspecified atom stereocenters. The van der Waals surface area contributed by atoms with Gasteiger partial charge >= 0.3 is 0 Å². The van der Waals surface area contributed by atoms with Crippen molar-refractivity contribution in [3.05, 3.63) is 59.1 Å². The van der Waals surface area contributed by atoms with Crippen LogP contribution >= 0.6 is 11.6 Å². The zero-order valence-corrected chi connectivity index (χ0v) is 15.5. The molecule has 134 valence electrons. The van der Waals surface area contributed by atoms with Crippen molar-refractivity contribution in [1.29, 1.82) is 0 Å². The molecule has 0 heterocycles. The molecular formula is C19H22ClNO3S. The van der Waals surface area contributed by atoms with Crippen LogP contribution in [0.4, 0.5) is 0 Å². The molecule has 4 nitrogen and oxygen atoms in total. The second-order valence-electron chi connectivity index (χ2n) is 6.27. The van der Waals surface area contributed by atoms with Gasteiger partial charge in [0, 0.05) is 11.6 Å². The molecule has 0 bridgehead atoms. The summed E-state index contributed by atoms with van der Waals surface area (Å²) in [6.07, 6.45) is 5.40. The van der Waals surface area contributed by atoms with Gasteiger partial charge < -0.3 is 4.74 Å².